The molecule has 8 heteroatoms. The zero-order valence-electron chi connectivity index (χ0n) is 15.0. The van der Waals surface area contributed by atoms with Crippen LogP contribution in [0.15, 0.2) is 47.5 Å². The van der Waals surface area contributed by atoms with Gasteiger partial charge in [0.25, 0.3) is 11.6 Å². The van der Waals surface area contributed by atoms with E-state index in [9.17, 15) is 14.9 Å². The van der Waals surface area contributed by atoms with Gasteiger partial charge in [-0.25, -0.2) is 0 Å². The molecular formula is C19H19N3O4S. The minimum atomic E-state index is -0.525. The number of ether oxygens (including phenoxy) is 1. The molecule has 3 rings (SSSR count). The number of hydrogen-bond acceptors (Lipinski definition) is 5. The van der Waals surface area contributed by atoms with Gasteiger partial charge in [-0.3, -0.25) is 14.9 Å². The van der Waals surface area contributed by atoms with Gasteiger partial charge < -0.3 is 9.30 Å². The number of thiazole rings is 1. The molecule has 0 radical (unpaired) electrons. The maximum Gasteiger partial charge on any atom is 0.279 e. The Labute approximate surface area is 159 Å². The number of benzene rings is 2. The van der Waals surface area contributed by atoms with Gasteiger partial charge in [-0.05, 0) is 37.6 Å². The number of nitrogens with zero attached hydrogens (tertiary/aromatic N) is 3. The molecule has 0 aliphatic heterocycles. The Bertz CT molecular complexity index is 1070. The number of non-ortho nitro benzene ring substituents is 1. The van der Waals surface area contributed by atoms with Crippen LogP contribution >= 0.6 is 11.3 Å². The lowest BCUT2D eigenvalue weighted by Gasteiger charge is -2.05. The third kappa shape index (κ3) is 4.06. The summed E-state index contributed by atoms with van der Waals surface area (Å²) in [6.07, 6.45) is 0.886. The molecule has 0 spiro atoms. The van der Waals surface area contributed by atoms with Crippen LogP contribution in [0.4, 0.5) is 5.69 Å². The van der Waals surface area contributed by atoms with Crippen molar-refractivity contribution in [1.82, 2.24) is 4.57 Å². The van der Waals surface area contributed by atoms with Crippen LogP contribution in [-0.4, -0.2) is 22.0 Å². The predicted octanol–water partition coefficient (Wildman–Crippen LogP) is 4.16. The van der Waals surface area contributed by atoms with E-state index in [1.54, 1.807) is 0 Å². The average molecular weight is 385 g/mol. The molecule has 27 heavy (non-hydrogen) atoms. The fourth-order valence-corrected chi connectivity index (χ4v) is 3.82. The summed E-state index contributed by atoms with van der Waals surface area (Å²) >= 11 is 1.40. The highest BCUT2D eigenvalue weighted by molar-refractivity contribution is 7.16. The Kier molecular flexibility index (Phi) is 5.66. The normalized spacial score (nSPS) is 11.7. The quantitative estimate of drug-likeness (QED) is 0.471. The molecule has 1 heterocycles. The van der Waals surface area contributed by atoms with Crippen LogP contribution < -0.4 is 9.54 Å². The number of carbonyl (C=O) groups excluding carboxylic acids is 1. The maximum absolute atomic E-state index is 12.6. The van der Waals surface area contributed by atoms with Crippen molar-refractivity contribution in [3.63, 3.8) is 0 Å². The van der Waals surface area contributed by atoms with E-state index >= 15 is 0 Å². The molecule has 1 amide bonds. The van der Waals surface area contributed by atoms with Crippen molar-refractivity contribution in [3.05, 3.63) is 62.9 Å². The van der Waals surface area contributed by atoms with Crippen molar-refractivity contribution in [3.8, 4) is 5.75 Å². The molecule has 1 aromatic heterocycles. The summed E-state index contributed by atoms with van der Waals surface area (Å²) in [5.41, 5.74) is 1.05. The van der Waals surface area contributed by atoms with E-state index in [1.165, 1.54) is 35.6 Å². The molecule has 0 saturated heterocycles. The van der Waals surface area contributed by atoms with Crippen LogP contribution in [0, 0.1) is 10.1 Å². The number of nitro benzene ring substituents is 1. The molecule has 0 aliphatic carbocycles. The maximum atomic E-state index is 12.6. The second-order valence-electron chi connectivity index (χ2n) is 5.82. The molecule has 0 N–H and O–H groups in total. The van der Waals surface area contributed by atoms with Crippen LogP contribution in [0.5, 0.6) is 5.75 Å². The SMILES string of the molecule is CCCn1c(=NC(=O)c2cccc([N+](=O)[O-])c2)sc2cc(OCC)ccc21. The van der Waals surface area contributed by atoms with Crippen molar-refractivity contribution >= 4 is 33.1 Å². The van der Waals surface area contributed by atoms with E-state index in [2.05, 4.69) is 11.9 Å². The third-order valence-corrected chi connectivity index (χ3v) is 4.95. The molecule has 0 unspecified atom stereocenters. The van der Waals surface area contributed by atoms with Gasteiger partial charge in [0.15, 0.2) is 4.80 Å². The molecule has 2 aromatic carbocycles. The highest BCUT2D eigenvalue weighted by atomic mass is 32.1. The van der Waals surface area contributed by atoms with Gasteiger partial charge in [0.05, 0.1) is 21.7 Å². The van der Waals surface area contributed by atoms with E-state index < -0.39 is 10.8 Å². The summed E-state index contributed by atoms with van der Waals surface area (Å²) in [6.45, 7) is 5.27. The van der Waals surface area contributed by atoms with Gasteiger partial charge in [-0.15, -0.1) is 0 Å². The van der Waals surface area contributed by atoms with Crippen LogP contribution in [0.25, 0.3) is 10.2 Å². The first-order valence-corrected chi connectivity index (χ1v) is 9.44. The zero-order valence-corrected chi connectivity index (χ0v) is 15.9. The first-order valence-electron chi connectivity index (χ1n) is 8.63. The third-order valence-electron chi connectivity index (χ3n) is 3.91. The van der Waals surface area contributed by atoms with Crippen molar-refractivity contribution in [2.75, 3.05) is 6.61 Å². The van der Waals surface area contributed by atoms with Gasteiger partial charge in [0.2, 0.25) is 0 Å². The Balaban J connectivity index is 2.08. The summed E-state index contributed by atoms with van der Waals surface area (Å²) in [4.78, 5) is 27.8. The summed E-state index contributed by atoms with van der Waals surface area (Å²) < 4.78 is 8.51. The van der Waals surface area contributed by atoms with Crippen LogP contribution in [0.3, 0.4) is 0 Å². The number of fused-ring (bicyclic) bond motifs is 1. The molecule has 0 bridgehead atoms. The molecule has 0 saturated carbocycles. The largest absolute Gasteiger partial charge is 0.494 e. The van der Waals surface area contributed by atoms with Crippen LogP contribution in [-0.2, 0) is 6.54 Å². The van der Waals surface area contributed by atoms with Crippen LogP contribution in [0.2, 0.25) is 0 Å². The Morgan fingerprint density at radius 3 is 2.78 bits per heavy atom. The van der Waals surface area contributed by atoms with E-state index in [0.717, 1.165) is 28.9 Å². The van der Waals surface area contributed by atoms with Crippen molar-refractivity contribution in [2.45, 2.75) is 26.8 Å². The molecule has 0 aliphatic rings. The minimum absolute atomic E-state index is 0.129. The Morgan fingerprint density at radius 2 is 2.07 bits per heavy atom. The summed E-state index contributed by atoms with van der Waals surface area (Å²) in [5, 5.41) is 10.9. The summed E-state index contributed by atoms with van der Waals surface area (Å²) in [7, 11) is 0. The Hall–Kier alpha value is -3.00. The lowest BCUT2D eigenvalue weighted by Crippen LogP contribution is -2.16. The number of aromatic nitrogens is 1. The number of nitro groups is 1. The number of hydrogen-bond donors (Lipinski definition) is 0. The highest BCUT2D eigenvalue weighted by Gasteiger charge is 2.13. The van der Waals surface area contributed by atoms with E-state index in [4.69, 9.17) is 4.74 Å². The van der Waals surface area contributed by atoms with Gasteiger partial charge in [0.1, 0.15) is 5.75 Å². The average Bonchev–Trinajstić information content (AvgIpc) is 2.99. The van der Waals surface area contributed by atoms with Crippen molar-refractivity contribution < 1.29 is 14.5 Å². The Morgan fingerprint density at radius 1 is 1.26 bits per heavy atom. The molecule has 3 aromatic rings. The minimum Gasteiger partial charge on any atom is -0.494 e. The highest BCUT2D eigenvalue weighted by Crippen LogP contribution is 2.24. The molecule has 0 atom stereocenters. The van der Waals surface area contributed by atoms with Gasteiger partial charge in [-0.1, -0.05) is 24.3 Å². The summed E-state index contributed by atoms with van der Waals surface area (Å²) in [6, 6.07) is 11.4. The first-order chi connectivity index (χ1) is 13.0. The molecule has 7 nitrogen and oxygen atoms in total. The van der Waals surface area contributed by atoms with Crippen molar-refractivity contribution in [2.24, 2.45) is 4.99 Å². The number of carbonyl (C=O) groups is 1. The molecular weight excluding hydrogens is 366 g/mol. The molecule has 140 valence electrons. The van der Waals surface area contributed by atoms with E-state index in [0.29, 0.717) is 11.4 Å². The fraction of sp³-hybridized carbons (Fsp3) is 0.263. The monoisotopic (exact) mass is 385 g/mol. The topological polar surface area (TPSA) is 86.7 Å². The van der Waals surface area contributed by atoms with Gasteiger partial charge >= 0.3 is 0 Å². The first kappa shape index (κ1) is 18.8. The fourth-order valence-electron chi connectivity index (χ4n) is 2.74. The second kappa shape index (κ2) is 8.13. The lowest BCUT2D eigenvalue weighted by molar-refractivity contribution is -0.384. The van der Waals surface area contributed by atoms with E-state index in [-0.39, 0.29) is 11.3 Å². The number of amides is 1. The lowest BCUT2D eigenvalue weighted by atomic mass is 10.2. The summed E-state index contributed by atoms with van der Waals surface area (Å²) in [5.74, 6) is 0.270. The second-order valence-corrected chi connectivity index (χ2v) is 6.83. The number of rotatable bonds is 6. The van der Waals surface area contributed by atoms with E-state index in [1.807, 2.05) is 29.7 Å². The standard InChI is InChI=1S/C19H19N3O4S/c1-3-10-21-16-9-8-15(26-4-2)12-17(16)27-19(21)20-18(23)13-6-5-7-14(11-13)22(24)25/h5-9,11-12H,3-4,10H2,1-2H3. The van der Waals surface area contributed by atoms with Crippen LogP contribution in [0.1, 0.15) is 30.6 Å². The zero-order chi connectivity index (χ0) is 19.4. The predicted molar refractivity (Wildman–Crippen MR) is 104 cm³/mol. The molecule has 0 fully saturated rings. The van der Waals surface area contributed by atoms with Gasteiger partial charge in [0, 0.05) is 24.2 Å². The van der Waals surface area contributed by atoms with Crippen molar-refractivity contribution in [1.29, 1.82) is 0 Å². The number of aryl methyl sites for hydroxylation is 1. The smallest absolute Gasteiger partial charge is 0.279 e. The van der Waals surface area contributed by atoms with Gasteiger partial charge in [-0.2, -0.15) is 4.99 Å².